The highest BCUT2D eigenvalue weighted by Crippen LogP contribution is 2.20. The van der Waals surface area contributed by atoms with Crippen molar-refractivity contribution in [2.45, 2.75) is 0 Å². The van der Waals surface area contributed by atoms with E-state index in [1.165, 1.54) is 0 Å². The monoisotopic (exact) mass is 282 g/mol. The summed E-state index contributed by atoms with van der Waals surface area (Å²) in [5, 5.41) is 4.11. The molecular weight excluding hydrogens is 268 g/mol. The van der Waals surface area contributed by atoms with Crippen LogP contribution in [0.25, 0.3) is 5.95 Å². The second kappa shape index (κ2) is 5.55. The van der Waals surface area contributed by atoms with E-state index in [2.05, 4.69) is 25.5 Å². The summed E-state index contributed by atoms with van der Waals surface area (Å²) in [7, 11) is 1.87. The van der Waals surface area contributed by atoms with Gasteiger partial charge in [-0.05, 0) is 18.2 Å². The van der Waals surface area contributed by atoms with Crippen LogP contribution in [-0.2, 0) is 0 Å². The van der Waals surface area contributed by atoms with E-state index in [9.17, 15) is 0 Å². The van der Waals surface area contributed by atoms with Gasteiger partial charge < -0.3 is 4.90 Å². The average Bonchev–Trinajstić information content (AvgIpc) is 3.09. The number of benzene rings is 1. The number of nitrogens with one attached hydrogen (secondary N) is 1. The molecule has 0 bridgehead atoms. The molecule has 0 radical (unpaired) electrons. The molecule has 0 fully saturated rings. The molecule has 2 heterocycles. The van der Waals surface area contributed by atoms with Gasteiger partial charge in [-0.2, -0.15) is 20.1 Å². The van der Waals surface area contributed by atoms with Crippen molar-refractivity contribution in [1.29, 1.82) is 0 Å². The van der Waals surface area contributed by atoms with E-state index in [-0.39, 0.29) is 5.95 Å². The van der Waals surface area contributed by atoms with E-state index in [0.29, 0.717) is 11.9 Å². The highest BCUT2D eigenvalue weighted by Gasteiger charge is 2.12. The molecular formula is C13H14N8. The number of para-hydroxylation sites is 1. The van der Waals surface area contributed by atoms with Gasteiger partial charge in [-0.3, -0.25) is 5.43 Å². The van der Waals surface area contributed by atoms with Crippen LogP contribution >= 0.6 is 0 Å². The van der Waals surface area contributed by atoms with E-state index in [0.717, 1.165) is 5.69 Å². The average molecular weight is 282 g/mol. The molecule has 8 nitrogen and oxygen atoms in total. The van der Waals surface area contributed by atoms with Gasteiger partial charge in [0.25, 0.3) is 5.95 Å². The third-order valence-electron chi connectivity index (χ3n) is 2.89. The van der Waals surface area contributed by atoms with Crippen LogP contribution in [0.3, 0.4) is 0 Å². The Balaban J connectivity index is 2.04. The van der Waals surface area contributed by atoms with E-state index >= 15 is 0 Å². The molecule has 0 spiro atoms. The molecule has 0 amide bonds. The topological polar surface area (TPSA) is 97.8 Å². The summed E-state index contributed by atoms with van der Waals surface area (Å²) in [4.78, 5) is 14.7. The van der Waals surface area contributed by atoms with Crippen molar-refractivity contribution in [3.05, 3.63) is 48.8 Å². The molecule has 8 heteroatoms. The van der Waals surface area contributed by atoms with E-state index in [1.807, 2.05) is 42.3 Å². The van der Waals surface area contributed by atoms with Crippen LogP contribution in [0, 0.1) is 0 Å². The first kappa shape index (κ1) is 13.0. The van der Waals surface area contributed by atoms with Crippen molar-refractivity contribution < 1.29 is 0 Å². The van der Waals surface area contributed by atoms with Gasteiger partial charge in [-0.15, -0.1) is 0 Å². The summed E-state index contributed by atoms with van der Waals surface area (Å²) in [6.07, 6.45) is 3.40. The first-order chi connectivity index (χ1) is 10.3. The predicted molar refractivity (Wildman–Crippen MR) is 79.3 cm³/mol. The number of aromatic nitrogens is 5. The lowest BCUT2D eigenvalue weighted by molar-refractivity contribution is 0.792. The Morgan fingerprint density at radius 2 is 1.90 bits per heavy atom. The van der Waals surface area contributed by atoms with Gasteiger partial charge in [0.1, 0.15) is 0 Å². The van der Waals surface area contributed by atoms with Crippen LogP contribution in [0.2, 0.25) is 0 Å². The zero-order chi connectivity index (χ0) is 14.7. The second-order valence-electron chi connectivity index (χ2n) is 4.25. The molecule has 0 atom stereocenters. The second-order valence-corrected chi connectivity index (χ2v) is 4.25. The summed E-state index contributed by atoms with van der Waals surface area (Å²) in [5.74, 6) is 6.56. The maximum atomic E-state index is 5.43. The van der Waals surface area contributed by atoms with Crippen molar-refractivity contribution >= 4 is 17.6 Å². The maximum Gasteiger partial charge on any atom is 0.257 e. The minimum Gasteiger partial charge on any atom is -0.313 e. The fourth-order valence-corrected chi connectivity index (χ4v) is 1.83. The molecule has 0 aliphatic rings. The first-order valence-electron chi connectivity index (χ1n) is 6.29. The van der Waals surface area contributed by atoms with Gasteiger partial charge in [0.05, 0.1) is 0 Å². The summed E-state index contributed by atoms with van der Waals surface area (Å²) in [6, 6.07) is 11.6. The Morgan fingerprint density at radius 3 is 2.57 bits per heavy atom. The molecule has 3 N–H and O–H groups in total. The third kappa shape index (κ3) is 2.65. The summed E-state index contributed by atoms with van der Waals surface area (Å²) in [5.41, 5.74) is 3.40. The number of anilines is 3. The van der Waals surface area contributed by atoms with Gasteiger partial charge >= 0.3 is 0 Å². The molecule has 2 aromatic heterocycles. The van der Waals surface area contributed by atoms with Gasteiger partial charge in [0.2, 0.25) is 11.9 Å². The normalized spacial score (nSPS) is 10.4. The largest absolute Gasteiger partial charge is 0.313 e. The summed E-state index contributed by atoms with van der Waals surface area (Å²) < 4.78 is 1.55. The Hall–Kier alpha value is -3.00. The maximum absolute atomic E-state index is 5.43. The third-order valence-corrected chi connectivity index (χ3v) is 2.89. The van der Waals surface area contributed by atoms with Crippen molar-refractivity contribution in [1.82, 2.24) is 24.7 Å². The van der Waals surface area contributed by atoms with Crippen molar-refractivity contribution in [3.63, 3.8) is 0 Å². The SMILES string of the molecule is CN(c1ccccc1)c1nc(NN)nc(-n2cccn2)n1. The zero-order valence-electron chi connectivity index (χ0n) is 11.4. The molecule has 3 rings (SSSR count). The van der Waals surface area contributed by atoms with Gasteiger partial charge in [-0.1, -0.05) is 18.2 Å². The Labute approximate surface area is 121 Å². The molecule has 0 saturated carbocycles. The molecule has 0 aliphatic carbocycles. The predicted octanol–water partition coefficient (Wildman–Crippen LogP) is 1.11. The van der Waals surface area contributed by atoms with Crippen LogP contribution in [0.1, 0.15) is 0 Å². The number of nitrogens with zero attached hydrogens (tertiary/aromatic N) is 6. The lowest BCUT2D eigenvalue weighted by atomic mass is 10.3. The molecule has 106 valence electrons. The molecule has 0 aliphatic heterocycles. The molecule has 1 aromatic carbocycles. The van der Waals surface area contributed by atoms with E-state index in [4.69, 9.17) is 5.84 Å². The Kier molecular flexibility index (Phi) is 3.44. The molecule has 3 aromatic rings. The lowest BCUT2D eigenvalue weighted by Gasteiger charge is -2.18. The Morgan fingerprint density at radius 1 is 1.10 bits per heavy atom. The summed E-state index contributed by atoms with van der Waals surface area (Å²) >= 11 is 0. The van der Waals surface area contributed by atoms with Crippen LogP contribution in [0.5, 0.6) is 0 Å². The minimum absolute atomic E-state index is 0.272. The summed E-state index contributed by atoms with van der Waals surface area (Å²) in [6.45, 7) is 0. The zero-order valence-corrected chi connectivity index (χ0v) is 11.4. The number of hydrogen-bond donors (Lipinski definition) is 2. The number of nitrogen functional groups attached to an aromatic ring is 1. The lowest BCUT2D eigenvalue weighted by Crippen LogP contribution is -2.19. The van der Waals surface area contributed by atoms with Gasteiger partial charge in [0, 0.05) is 25.1 Å². The number of rotatable bonds is 4. The van der Waals surface area contributed by atoms with Gasteiger partial charge in [-0.25, -0.2) is 10.5 Å². The molecule has 0 unspecified atom stereocenters. The first-order valence-corrected chi connectivity index (χ1v) is 6.29. The molecule has 21 heavy (non-hydrogen) atoms. The van der Waals surface area contributed by atoms with Crippen molar-refractivity contribution in [3.8, 4) is 5.95 Å². The van der Waals surface area contributed by atoms with E-state index in [1.54, 1.807) is 23.1 Å². The van der Waals surface area contributed by atoms with Crippen LogP contribution in [0.4, 0.5) is 17.6 Å². The van der Waals surface area contributed by atoms with Crippen LogP contribution in [-0.4, -0.2) is 31.8 Å². The number of hydrazine groups is 1. The fourth-order valence-electron chi connectivity index (χ4n) is 1.83. The van der Waals surface area contributed by atoms with Crippen LogP contribution in [0.15, 0.2) is 48.8 Å². The standard InChI is InChI=1S/C13H14N8/c1-20(10-6-3-2-4-7-10)12-16-11(19-14)17-13(18-12)21-9-5-8-15-21/h2-9H,14H2,1H3,(H,16,17,18,19). The van der Waals surface area contributed by atoms with Gasteiger partial charge in [0.15, 0.2) is 0 Å². The Bertz CT molecular complexity index is 710. The quantitative estimate of drug-likeness (QED) is 0.546. The van der Waals surface area contributed by atoms with Crippen molar-refractivity contribution in [2.24, 2.45) is 5.84 Å². The highest BCUT2D eigenvalue weighted by molar-refractivity contribution is 5.57. The fraction of sp³-hybridized carbons (Fsp3) is 0.0769. The minimum atomic E-state index is 0.272. The smallest absolute Gasteiger partial charge is 0.257 e. The van der Waals surface area contributed by atoms with Crippen molar-refractivity contribution in [2.75, 3.05) is 17.4 Å². The highest BCUT2D eigenvalue weighted by atomic mass is 15.4. The number of hydrogen-bond acceptors (Lipinski definition) is 7. The number of nitrogens with two attached hydrogens (primary N) is 1. The molecule has 0 saturated heterocycles. The van der Waals surface area contributed by atoms with E-state index < -0.39 is 0 Å². The van der Waals surface area contributed by atoms with Crippen LogP contribution < -0.4 is 16.2 Å².